The smallest absolute Gasteiger partial charge is 0.459 e. The van der Waals surface area contributed by atoms with Gasteiger partial charge in [-0.2, -0.15) is 0 Å². The fourth-order valence-corrected chi connectivity index (χ4v) is 14.5. The summed E-state index contributed by atoms with van der Waals surface area (Å²) in [5.74, 6) is -2.18. The molecule has 1 amide bonds. The normalized spacial score (nSPS) is 21.0. The second-order valence-corrected chi connectivity index (χ2v) is 27.0. The Morgan fingerprint density at radius 1 is 0.578 bits per heavy atom. The van der Waals surface area contributed by atoms with E-state index >= 15 is 4.79 Å². The molecule has 2 aliphatic rings. The van der Waals surface area contributed by atoms with Gasteiger partial charge in [0.25, 0.3) is 0 Å². The number of cyclic esters (lactones) is 2. The van der Waals surface area contributed by atoms with Crippen LogP contribution in [-0.2, 0) is 68.7 Å². The molecule has 2 fully saturated rings. The Labute approximate surface area is 496 Å². The molecule has 450 valence electrons. The minimum Gasteiger partial charge on any atom is -0.459 e. The summed E-state index contributed by atoms with van der Waals surface area (Å²) in [5.41, 5.74) is 4.34. The Balaban J connectivity index is 1.27. The molecule has 7 rings (SSSR count). The fourth-order valence-electron chi connectivity index (χ4n) is 11.7. The molecule has 2 aliphatic heterocycles. The van der Waals surface area contributed by atoms with Gasteiger partial charge in [0.05, 0.1) is 24.8 Å². The minimum atomic E-state index is -2.09. The first-order chi connectivity index (χ1) is 40.5. The number of nitrogens with zero attached hydrogens (tertiary/aromatic N) is 1. The highest BCUT2D eigenvalue weighted by Crippen LogP contribution is 2.43. The minimum absolute atomic E-state index is 0.0176. The van der Waals surface area contributed by atoms with E-state index in [1.807, 2.05) is 127 Å². The summed E-state index contributed by atoms with van der Waals surface area (Å²) in [6.07, 6.45) is 8.47. The molecule has 3 unspecified atom stereocenters. The van der Waals surface area contributed by atoms with Gasteiger partial charge in [0.2, 0.25) is 0 Å². The molecule has 0 radical (unpaired) electrons. The summed E-state index contributed by atoms with van der Waals surface area (Å²) in [7, 11) is -0.507. The molecule has 14 heteroatoms. The zero-order valence-corrected chi connectivity index (χ0v) is 51.4. The molecule has 0 aromatic heterocycles. The maximum absolute atomic E-state index is 15.1. The van der Waals surface area contributed by atoms with Crippen LogP contribution in [0.25, 0.3) is 0 Å². The number of carbonyl (C=O) groups is 3. The highest BCUT2D eigenvalue weighted by molar-refractivity contribution is 6.55. The van der Waals surface area contributed by atoms with Crippen LogP contribution in [-0.4, -0.2) is 94.3 Å². The van der Waals surface area contributed by atoms with Gasteiger partial charge in [0.1, 0.15) is 43.7 Å². The van der Waals surface area contributed by atoms with E-state index < -0.39 is 75.7 Å². The van der Waals surface area contributed by atoms with Gasteiger partial charge in [0.15, 0.2) is 20.9 Å². The van der Waals surface area contributed by atoms with Crippen molar-refractivity contribution < 1.29 is 56.7 Å². The van der Waals surface area contributed by atoms with E-state index in [0.29, 0.717) is 12.0 Å². The van der Waals surface area contributed by atoms with Crippen LogP contribution in [0.4, 0.5) is 9.59 Å². The van der Waals surface area contributed by atoms with Crippen molar-refractivity contribution in [2.75, 3.05) is 13.7 Å². The lowest BCUT2D eigenvalue weighted by molar-refractivity contribution is -0.372. The Morgan fingerprint density at radius 2 is 1.07 bits per heavy atom. The van der Waals surface area contributed by atoms with Crippen LogP contribution in [0.3, 0.4) is 0 Å². The molecule has 0 saturated carbocycles. The first kappa shape index (κ1) is 64.7. The second-order valence-electron chi connectivity index (χ2n) is 23.1. The number of hydrogen-bond acceptors (Lipinski definition) is 12. The third-order valence-corrected chi connectivity index (χ3v) is 19.3. The number of ether oxygens (including phenoxy) is 8. The molecule has 13 nitrogen and oxygen atoms in total. The number of benzene rings is 5. The molecule has 0 spiro atoms. The van der Waals surface area contributed by atoms with E-state index in [-0.39, 0.29) is 56.9 Å². The maximum Gasteiger partial charge on any atom is 0.509 e. The first-order valence-corrected chi connectivity index (χ1v) is 32.6. The third kappa shape index (κ3) is 20.1. The lowest BCUT2D eigenvalue weighted by Gasteiger charge is -2.53. The van der Waals surface area contributed by atoms with Gasteiger partial charge in [-0.3, -0.25) is 4.90 Å². The molecule has 8 atom stereocenters. The van der Waals surface area contributed by atoms with Crippen LogP contribution in [0.2, 0.25) is 11.1 Å². The van der Waals surface area contributed by atoms with Gasteiger partial charge in [0, 0.05) is 20.1 Å². The van der Waals surface area contributed by atoms with E-state index in [0.717, 1.165) is 47.9 Å². The van der Waals surface area contributed by atoms with Crippen molar-refractivity contribution in [3.8, 4) is 0 Å². The van der Waals surface area contributed by atoms with Gasteiger partial charge in [-0.1, -0.05) is 245 Å². The van der Waals surface area contributed by atoms with E-state index in [1.165, 1.54) is 51.4 Å². The van der Waals surface area contributed by atoms with E-state index in [2.05, 4.69) is 34.6 Å². The Hall–Kier alpha value is -5.87. The summed E-state index contributed by atoms with van der Waals surface area (Å²) in [4.78, 5) is 44.4. The fraction of sp³-hybridized carbons (Fsp3) is 0.522. The number of esters is 1. The Bertz CT molecular complexity index is 2590. The summed E-state index contributed by atoms with van der Waals surface area (Å²) in [6.45, 7) is 11.3. The predicted octanol–water partition coefficient (Wildman–Crippen LogP) is 15.7. The number of amides is 1. The average molecular weight is 1160 g/mol. The van der Waals surface area contributed by atoms with Gasteiger partial charge < -0.3 is 42.3 Å². The summed E-state index contributed by atoms with van der Waals surface area (Å²) in [5, 5.41) is 0. The average Bonchev–Trinajstić information content (AvgIpc) is 3.95. The van der Waals surface area contributed by atoms with E-state index in [9.17, 15) is 9.59 Å². The highest BCUT2D eigenvalue weighted by atomic mass is 28.3. The van der Waals surface area contributed by atoms with Crippen LogP contribution < -0.4 is 0 Å². The molecular weight excluding hydrogens is 1060 g/mol. The second kappa shape index (κ2) is 34.8. The van der Waals surface area contributed by atoms with Gasteiger partial charge in [-0.05, 0) is 64.7 Å². The number of carbonyl (C=O) groups excluding carboxylic acids is 3. The standard InChI is InChI=1S/C69H93NO12Si/c1-7-8-9-10-11-12-13-14-15-16-17-33-44-60-62(80-68(73)79-60)59(70(47-54-34-23-18-24-35-54)67(72)78-50-57-40-29-21-30-41-57)45-46-69(74-6)65(76-49-56-38-27-20-28-39-56)64(75-48-55-36-25-19-26-37-55)63(82-83(52(2)3)53(4)5)61(81-69)51-77-66(71)58-42-31-22-32-43-58/h18-32,34-43,52-53,59-65,83H,7-17,33,44-51H2,1-6H3/t59-,60?,61?,62-,63-,64-,65?,69-/m0/s1. The summed E-state index contributed by atoms with van der Waals surface area (Å²) < 4.78 is 60.9. The SMILES string of the molecule is CCCCCCCCCCCCCCC1OC(=O)O[C@H]1[C@H](CC[C@]1(OC)OC(COC(=O)c2ccccc2)[C@H](O[SiH](C(C)C)C(C)C)[C@H](OCc2ccccc2)C1OCc1ccccc1)N(Cc1ccccc1)C(=O)OCc1ccccc1. The van der Waals surface area contributed by atoms with Crippen molar-refractivity contribution in [3.63, 3.8) is 0 Å². The zero-order chi connectivity index (χ0) is 58.7. The highest BCUT2D eigenvalue weighted by Gasteiger charge is 2.59. The summed E-state index contributed by atoms with van der Waals surface area (Å²) >= 11 is 0. The van der Waals surface area contributed by atoms with Gasteiger partial charge in [-0.15, -0.1) is 0 Å². The third-order valence-electron chi connectivity index (χ3n) is 16.1. The molecule has 0 aliphatic carbocycles. The van der Waals surface area contributed by atoms with Crippen LogP contribution in [0.15, 0.2) is 152 Å². The van der Waals surface area contributed by atoms with Gasteiger partial charge >= 0.3 is 18.2 Å². The lowest BCUT2D eigenvalue weighted by Crippen LogP contribution is -2.69. The Morgan fingerprint density at radius 3 is 1.60 bits per heavy atom. The number of unbranched alkanes of at least 4 members (excludes halogenated alkanes) is 11. The summed E-state index contributed by atoms with van der Waals surface area (Å²) in [6, 6.07) is 47.2. The van der Waals surface area contributed by atoms with Crippen molar-refractivity contribution in [1.29, 1.82) is 0 Å². The van der Waals surface area contributed by atoms with Crippen LogP contribution in [0, 0.1) is 0 Å². The molecule has 83 heavy (non-hydrogen) atoms. The van der Waals surface area contributed by atoms with E-state index in [4.69, 9.17) is 42.3 Å². The van der Waals surface area contributed by atoms with Crippen molar-refractivity contribution in [2.24, 2.45) is 0 Å². The number of hydrogen-bond donors (Lipinski definition) is 0. The van der Waals surface area contributed by atoms with E-state index in [1.54, 1.807) is 36.3 Å². The van der Waals surface area contributed by atoms with Crippen LogP contribution >= 0.6 is 0 Å². The van der Waals surface area contributed by atoms with Crippen molar-refractivity contribution in [3.05, 3.63) is 179 Å². The molecular formula is C69H93NO12Si. The lowest BCUT2D eigenvalue weighted by atomic mass is 9.86. The maximum atomic E-state index is 15.1. The largest absolute Gasteiger partial charge is 0.509 e. The molecule has 5 aromatic carbocycles. The zero-order valence-electron chi connectivity index (χ0n) is 50.2. The monoisotopic (exact) mass is 1160 g/mol. The Kier molecular flexibility index (Phi) is 27.1. The quantitative estimate of drug-likeness (QED) is 0.0163. The van der Waals surface area contributed by atoms with Crippen molar-refractivity contribution >= 4 is 27.3 Å². The topological polar surface area (TPSA) is 138 Å². The predicted molar refractivity (Wildman–Crippen MR) is 326 cm³/mol. The molecule has 0 N–H and O–H groups in total. The number of methoxy groups -OCH3 is 1. The molecule has 5 aromatic rings. The van der Waals surface area contributed by atoms with Crippen LogP contribution in [0.5, 0.6) is 0 Å². The molecule has 0 bridgehead atoms. The van der Waals surface area contributed by atoms with Crippen molar-refractivity contribution in [2.45, 2.75) is 217 Å². The van der Waals surface area contributed by atoms with Crippen LogP contribution in [0.1, 0.15) is 164 Å². The van der Waals surface area contributed by atoms with Gasteiger partial charge in [-0.25, -0.2) is 14.4 Å². The molecule has 2 saturated heterocycles. The molecule has 2 heterocycles. The van der Waals surface area contributed by atoms with Crippen molar-refractivity contribution in [1.82, 2.24) is 4.90 Å². The number of rotatable bonds is 36. The first-order valence-electron chi connectivity index (χ1n) is 30.8.